The molecule has 6 heteroatoms. The minimum absolute atomic E-state index is 0.113. The number of rotatable bonds is 5. The third kappa shape index (κ3) is 5.22. The number of carbonyl (C=O) groups is 1. The predicted molar refractivity (Wildman–Crippen MR) is 88.6 cm³/mol. The first kappa shape index (κ1) is 16.1. The van der Waals surface area contributed by atoms with Gasteiger partial charge >= 0.3 is 0 Å². The van der Waals surface area contributed by atoms with E-state index in [4.69, 9.17) is 0 Å². The number of carbonyl (C=O) groups excluding carboxylic acids is 1. The van der Waals surface area contributed by atoms with Crippen LogP contribution >= 0.6 is 31.9 Å². The van der Waals surface area contributed by atoms with E-state index in [0.29, 0.717) is 12.1 Å². The Hall–Kier alpha value is -1.24. The average molecular weight is 416 g/mol. The van der Waals surface area contributed by atoms with Gasteiger partial charge in [-0.2, -0.15) is 0 Å². The Morgan fingerprint density at radius 2 is 1.71 bits per heavy atom. The first-order chi connectivity index (χ1) is 10.0. The van der Waals surface area contributed by atoms with Crippen LogP contribution in [0.25, 0.3) is 0 Å². The molecule has 1 amide bonds. The summed E-state index contributed by atoms with van der Waals surface area (Å²) in [7, 11) is 0. The molecule has 0 radical (unpaired) electrons. The van der Waals surface area contributed by atoms with Crippen molar-refractivity contribution in [2.45, 2.75) is 6.54 Å². The van der Waals surface area contributed by atoms with Crippen molar-refractivity contribution in [3.63, 3.8) is 0 Å². The highest BCUT2D eigenvalue weighted by Crippen LogP contribution is 2.15. The molecule has 110 valence electrons. The molecule has 0 bridgehead atoms. The molecule has 2 aromatic carbocycles. The van der Waals surface area contributed by atoms with Gasteiger partial charge in [0.05, 0.1) is 6.54 Å². The lowest BCUT2D eigenvalue weighted by Gasteiger charge is -2.08. The van der Waals surface area contributed by atoms with Crippen molar-refractivity contribution < 1.29 is 9.18 Å². The zero-order valence-electron chi connectivity index (χ0n) is 11.0. The lowest BCUT2D eigenvalue weighted by atomic mass is 10.2. The topological polar surface area (TPSA) is 41.1 Å². The largest absolute Gasteiger partial charge is 0.325 e. The van der Waals surface area contributed by atoms with E-state index in [-0.39, 0.29) is 18.3 Å². The van der Waals surface area contributed by atoms with Gasteiger partial charge in [0.15, 0.2) is 0 Å². The fourth-order valence-electron chi connectivity index (χ4n) is 1.73. The van der Waals surface area contributed by atoms with E-state index in [1.54, 1.807) is 24.3 Å². The monoisotopic (exact) mass is 414 g/mol. The molecule has 0 aliphatic carbocycles. The van der Waals surface area contributed by atoms with E-state index in [9.17, 15) is 9.18 Å². The molecule has 0 atom stereocenters. The number of hydrogen-bond acceptors (Lipinski definition) is 2. The maximum atomic E-state index is 13.5. The van der Waals surface area contributed by atoms with Crippen LogP contribution in [0.4, 0.5) is 10.1 Å². The third-order valence-corrected chi connectivity index (χ3v) is 3.76. The number of anilines is 1. The zero-order valence-corrected chi connectivity index (χ0v) is 14.2. The summed E-state index contributed by atoms with van der Waals surface area (Å²) in [4.78, 5) is 11.8. The molecule has 0 aliphatic rings. The van der Waals surface area contributed by atoms with Crippen LogP contribution in [0.2, 0.25) is 0 Å². The second-order valence-corrected chi connectivity index (χ2v) is 6.23. The molecule has 3 nitrogen and oxygen atoms in total. The predicted octanol–water partition coefficient (Wildman–Crippen LogP) is 4.08. The van der Waals surface area contributed by atoms with Gasteiger partial charge in [-0.3, -0.25) is 4.79 Å². The van der Waals surface area contributed by atoms with Crippen molar-refractivity contribution in [3.05, 3.63) is 62.8 Å². The van der Waals surface area contributed by atoms with E-state index in [0.717, 1.165) is 14.6 Å². The number of halogens is 3. The summed E-state index contributed by atoms with van der Waals surface area (Å²) in [5.41, 5.74) is 1.24. The van der Waals surface area contributed by atoms with Crippen LogP contribution in [0.15, 0.2) is 51.4 Å². The van der Waals surface area contributed by atoms with Crippen molar-refractivity contribution in [2.75, 3.05) is 11.9 Å². The third-order valence-electron chi connectivity index (χ3n) is 2.74. The first-order valence-corrected chi connectivity index (χ1v) is 7.83. The summed E-state index contributed by atoms with van der Waals surface area (Å²) in [6.45, 7) is 0.404. The fourth-order valence-corrected chi connectivity index (χ4v) is 2.40. The lowest BCUT2D eigenvalue weighted by Crippen LogP contribution is -2.28. The maximum absolute atomic E-state index is 13.5. The Morgan fingerprint density at radius 3 is 2.43 bits per heavy atom. The Balaban J connectivity index is 1.81. The molecule has 0 heterocycles. The summed E-state index contributed by atoms with van der Waals surface area (Å²) in [5.74, 6) is -0.466. The minimum Gasteiger partial charge on any atom is -0.325 e. The van der Waals surface area contributed by atoms with E-state index in [1.165, 1.54) is 6.07 Å². The summed E-state index contributed by atoms with van der Waals surface area (Å²) in [6.07, 6.45) is 0. The molecule has 0 aromatic heterocycles. The van der Waals surface area contributed by atoms with Crippen LogP contribution in [0.1, 0.15) is 5.56 Å². The van der Waals surface area contributed by atoms with Crippen molar-refractivity contribution in [2.24, 2.45) is 0 Å². The molecule has 0 unspecified atom stereocenters. The highest BCUT2D eigenvalue weighted by molar-refractivity contribution is 9.10. The van der Waals surface area contributed by atoms with Crippen molar-refractivity contribution in [1.29, 1.82) is 0 Å². The van der Waals surface area contributed by atoms with Crippen LogP contribution in [-0.4, -0.2) is 12.5 Å². The van der Waals surface area contributed by atoms with Crippen molar-refractivity contribution >= 4 is 43.5 Å². The van der Waals surface area contributed by atoms with Crippen LogP contribution in [-0.2, 0) is 11.3 Å². The molecule has 0 fully saturated rings. The smallest absolute Gasteiger partial charge is 0.238 e. The highest BCUT2D eigenvalue weighted by Gasteiger charge is 2.05. The van der Waals surface area contributed by atoms with Gasteiger partial charge in [0, 0.05) is 26.7 Å². The lowest BCUT2D eigenvalue weighted by molar-refractivity contribution is -0.115. The quantitative estimate of drug-likeness (QED) is 0.772. The molecule has 0 saturated carbocycles. The van der Waals surface area contributed by atoms with E-state index < -0.39 is 0 Å². The molecule has 0 aliphatic heterocycles. The Morgan fingerprint density at radius 1 is 1.05 bits per heavy atom. The molecule has 2 N–H and O–H groups in total. The molecule has 2 aromatic rings. The highest BCUT2D eigenvalue weighted by atomic mass is 79.9. The number of hydrogen-bond donors (Lipinski definition) is 2. The molecule has 21 heavy (non-hydrogen) atoms. The number of amides is 1. The summed E-state index contributed by atoms with van der Waals surface area (Å²) < 4.78 is 15.3. The standard InChI is InChI=1S/C15H13Br2FN2O/c16-11-1-4-13(5-2-11)20-15(21)9-19-8-10-7-12(17)3-6-14(10)18/h1-7,19H,8-9H2,(H,20,21). The second-order valence-electron chi connectivity index (χ2n) is 4.39. The fraction of sp³-hybridized carbons (Fsp3) is 0.133. The van der Waals surface area contributed by atoms with Gasteiger partial charge in [0.1, 0.15) is 5.82 Å². The normalized spacial score (nSPS) is 10.4. The average Bonchev–Trinajstić information content (AvgIpc) is 2.45. The summed E-state index contributed by atoms with van der Waals surface area (Å²) in [6, 6.07) is 12.0. The molecular weight excluding hydrogens is 403 g/mol. The van der Waals surface area contributed by atoms with Crippen LogP contribution in [0.5, 0.6) is 0 Å². The van der Waals surface area contributed by atoms with Gasteiger partial charge in [0.25, 0.3) is 0 Å². The zero-order chi connectivity index (χ0) is 15.2. The van der Waals surface area contributed by atoms with Crippen molar-refractivity contribution in [3.8, 4) is 0 Å². The molecule has 0 saturated heterocycles. The Kier molecular flexibility index (Phi) is 5.90. The SMILES string of the molecule is O=C(CNCc1cc(Br)ccc1F)Nc1ccc(Br)cc1. The van der Waals surface area contributed by atoms with E-state index >= 15 is 0 Å². The second kappa shape index (κ2) is 7.68. The molecule has 0 spiro atoms. The van der Waals surface area contributed by atoms with Gasteiger partial charge in [-0.15, -0.1) is 0 Å². The number of benzene rings is 2. The van der Waals surface area contributed by atoms with Crippen LogP contribution in [0, 0.1) is 5.82 Å². The van der Waals surface area contributed by atoms with Gasteiger partial charge < -0.3 is 10.6 Å². The summed E-state index contributed by atoms with van der Waals surface area (Å²) in [5, 5.41) is 5.68. The van der Waals surface area contributed by atoms with Crippen molar-refractivity contribution in [1.82, 2.24) is 5.32 Å². The van der Waals surface area contributed by atoms with Gasteiger partial charge in [-0.25, -0.2) is 4.39 Å². The Bertz CT molecular complexity index is 632. The van der Waals surface area contributed by atoms with Crippen LogP contribution in [0.3, 0.4) is 0 Å². The van der Waals surface area contributed by atoms with Gasteiger partial charge in [-0.1, -0.05) is 31.9 Å². The van der Waals surface area contributed by atoms with E-state index in [2.05, 4.69) is 42.5 Å². The number of nitrogens with one attached hydrogen (secondary N) is 2. The Labute approximate surface area is 139 Å². The molecular formula is C15H13Br2FN2O. The van der Waals surface area contributed by atoms with Gasteiger partial charge in [0.2, 0.25) is 5.91 Å². The minimum atomic E-state index is -0.293. The van der Waals surface area contributed by atoms with E-state index in [1.807, 2.05) is 12.1 Å². The molecule has 2 rings (SSSR count). The van der Waals surface area contributed by atoms with Gasteiger partial charge in [-0.05, 0) is 42.5 Å². The maximum Gasteiger partial charge on any atom is 0.238 e. The summed E-state index contributed by atoms with van der Waals surface area (Å²) >= 11 is 6.62. The van der Waals surface area contributed by atoms with Crippen LogP contribution < -0.4 is 10.6 Å². The first-order valence-electron chi connectivity index (χ1n) is 6.24.